The zero-order chi connectivity index (χ0) is 11.5. The lowest BCUT2D eigenvalue weighted by Crippen LogP contribution is -2.30. The quantitative estimate of drug-likeness (QED) is 0.835. The number of nitrogens with two attached hydrogens (primary N) is 1. The molecule has 0 atom stereocenters. The van der Waals surface area contributed by atoms with Crippen LogP contribution < -0.4 is 10.6 Å². The fourth-order valence-electron chi connectivity index (χ4n) is 1.58. The number of fused-ring (bicyclic) bond motifs is 1. The van der Waals surface area contributed by atoms with E-state index in [2.05, 4.69) is 4.98 Å². The topological polar surface area (TPSA) is 59.2 Å². The van der Waals surface area contributed by atoms with E-state index >= 15 is 0 Å². The van der Waals surface area contributed by atoms with Crippen molar-refractivity contribution in [2.45, 2.75) is 0 Å². The van der Waals surface area contributed by atoms with E-state index in [1.807, 2.05) is 36.4 Å². The van der Waals surface area contributed by atoms with Gasteiger partial charge in [0.2, 0.25) is 5.91 Å². The monoisotopic (exact) mass is 215 g/mol. The maximum Gasteiger partial charge on any atom is 0.236 e. The molecule has 0 bridgehead atoms. The number of likely N-dealkylation sites (N-methyl/N-ethyl adjacent to an activating group) is 1. The van der Waals surface area contributed by atoms with E-state index in [-0.39, 0.29) is 12.5 Å². The Balaban J connectivity index is 2.35. The minimum Gasteiger partial charge on any atom is -0.368 e. The predicted molar refractivity (Wildman–Crippen MR) is 64.2 cm³/mol. The molecule has 0 aliphatic carbocycles. The predicted octanol–water partition coefficient (Wildman–Crippen LogP) is 1.16. The number of carbonyl (C=O) groups is 1. The molecule has 1 aromatic heterocycles. The van der Waals surface area contributed by atoms with Crippen LogP contribution in [0, 0.1) is 0 Å². The average Bonchev–Trinajstić information content (AvgIpc) is 2.27. The van der Waals surface area contributed by atoms with Crippen LogP contribution in [0.5, 0.6) is 0 Å². The molecule has 4 nitrogen and oxygen atoms in total. The summed E-state index contributed by atoms with van der Waals surface area (Å²) in [5.41, 5.74) is 6.05. The van der Waals surface area contributed by atoms with E-state index < -0.39 is 0 Å². The van der Waals surface area contributed by atoms with Gasteiger partial charge in [0.1, 0.15) is 5.82 Å². The van der Waals surface area contributed by atoms with Gasteiger partial charge in [-0.15, -0.1) is 0 Å². The Hall–Kier alpha value is -2.10. The summed E-state index contributed by atoms with van der Waals surface area (Å²) in [6, 6.07) is 11.7. The number of para-hydroxylation sites is 1. The highest BCUT2D eigenvalue weighted by atomic mass is 16.1. The Morgan fingerprint density at radius 3 is 2.81 bits per heavy atom. The summed E-state index contributed by atoms with van der Waals surface area (Å²) in [5, 5.41) is 1.08. The summed E-state index contributed by atoms with van der Waals surface area (Å²) in [5.74, 6) is 0.384. The van der Waals surface area contributed by atoms with Crippen molar-refractivity contribution in [1.82, 2.24) is 4.98 Å². The fraction of sp³-hybridized carbons (Fsp3) is 0.167. The zero-order valence-electron chi connectivity index (χ0n) is 9.05. The summed E-state index contributed by atoms with van der Waals surface area (Å²) in [4.78, 5) is 17.0. The van der Waals surface area contributed by atoms with Crippen LogP contribution in [-0.4, -0.2) is 24.5 Å². The van der Waals surface area contributed by atoms with Gasteiger partial charge in [-0.1, -0.05) is 18.2 Å². The molecule has 1 heterocycles. The molecule has 0 radical (unpaired) electrons. The molecular formula is C12H13N3O. The largest absolute Gasteiger partial charge is 0.368 e. The molecule has 16 heavy (non-hydrogen) atoms. The van der Waals surface area contributed by atoms with Crippen LogP contribution in [0.25, 0.3) is 10.9 Å². The van der Waals surface area contributed by atoms with Crippen molar-refractivity contribution >= 4 is 22.6 Å². The Morgan fingerprint density at radius 1 is 1.31 bits per heavy atom. The summed E-state index contributed by atoms with van der Waals surface area (Å²) < 4.78 is 0. The third-order valence-corrected chi connectivity index (χ3v) is 2.37. The average molecular weight is 215 g/mol. The number of hydrogen-bond acceptors (Lipinski definition) is 3. The first-order valence-corrected chi connectivity index (χ1v) is 5.02. The molecule has 0 spiro atoms. The second-order valence-corrected chi connectivity index (χ2v) is 3.68. The van der Waals surface area contributed by atoms with Gasteiger partial charge in [0.15, 0.2) is 0 Å². The van der Waals surface area contributed by atoms with E-state index in [4.69, 9.17) is 5.73 Å². The van der Waals surface area contributed by atoms with Crippen molar-refractivity contribution in [3.8, 4) is 0 Å². The van der Waals surface area contributed by atoms with Gasteiger partial charge in [-0.2, -0.15) is 0 Å². The number of nitrogens with zero attached hydrogens (tertiary/aromatic N) is 2. The molecule has 0 unspecified atom stereocenters. The van der Waals surface area contributed by atoms with Crippen LogP contribution in [0.4, 0.5) is 5.82 Å². The van der Waals surface area contributed by atoms with Gasteiger partial charge >= 0.3 is 0 Å². The molecular weight excluding hydrogens is 202 g/mol. The number of rotatable bonds is 3. The third-order valence-electron chi connectivity index (χ3n) is 2.37. The number of benzene rings is 1. The van der Waals surface area contributed by atoms with Gasteiger partial charge in [-0.25, -0.2) is 4.98 Å². The van der Waals surface area contributed by atoms with Crippen LogP contribution in [0.1, 0.15) is 0 Å². The third kappa shape index (κ3) is 2.11. The molecule has 82 valence electrons. The highest BCUT2D eigenvalue weighted by Crippen LogP contribution is 2.16. The lowest BCUT2D eigenvalue weighted by atomic mass is 10.2. The van der Waals surface area contributed by atoms with E-state index in [1.54, 1.807) is 11.9 Å². The number of hydrogen-bond donors (Lipinski definition) is 1. The number of carbonyl (C=O) groups excluding carboxylic acids is 1. The van der Waals surface area contributed by atoms with E-state index in [9.17, 15) is 4.79 Å². The summed E-state index contributed by atoms with van der Waals surface area (Å²) in [7, 11) is 1.79. The number of primary amides is 1. The molecule has 2 rings (SSSR count). The van der Waals surface area contributed by atoms with Gasteiger partial charge in [0.25, 0.3) is 0 Å². The van der Waals surface area contributed by atoms with Gasteiger partial charge in [-0.3, -0.25) is 4.79 Å². The van der Waals surface area contributed by atoms with Crippen molar-refractivity contribution in [2.75, 3.05) is 18.5 Å². The second kappa shape index (κ2) is 4.18. The van der Waals surface area contributed by atoms with Gasteiger partial charge in [-0.05, 0) is 18.2 Å². The molecule has 2 N–H and O–H groups in total. The van der Waals surface area contributed by atoms with Crippen molar-refractivity contribution in [2.24, 2.45) is 5.73 Å². The molecule has 1 amide bonds. The number of pyridine rings is 1. The zero-order valence-corrected chi connectivity index (χ0v) is 9.05. The Morgan fingerprint density at radius 2 is 2.06 bits per heavy atom. The SMILES string of the molecule is CN(CC(N)=O)c1ccc2ccccc2n1. The molecule has 2 aromatic rings. The molecule has 0 saturated heterocycles. The molecule has 0 saturated carbocycles. The summed E-state index contributed by atoms with van der Waals surface area (Å²) in [6.45, 7) is 0.172. The van der Waals surface area contributed by atoms with Crippen LogP contribution in [0.15, 0.2) is 36.4 Å². The minimum absolute atomic E-state index is 0.172. The number of anilines is 1. The van der Waals surface area contributed by atoms with Gasteiger partial charge < -0.3 is 10.6 Å². The van der Waals surface area contributed by atoms with Crippen LogP contribution in [0.2, 0.25) is 0 Å². The lowest BCUT2D eigenvalue weighted by Gasteiger charge is -2.16. The van der Waals surface area contributed by atoms with Crippen LogP contribution >= 0.6 is 0 Å². The normalized spacial score (nSPS) is 10.3. The maximum atomic E-state index is 10.8. The number of aromatic nitrogens is 1. The molecule has 0 aliphatic heterocycles. The van der Waals surface area contributed by atoms with E-state index in [0.717, 1.165) is 16.7 Å². The first-order valence-electron chi connectivity index (χ1n) is 5.02. The minimum atomic E-state index is -0.363. The summed E-state index contributed by atoms with van der Waals surface area (Å²) >= 11 is 0. The smallest absolute Gasteiger partial charge is 0.236 e. The molecule has 0 aliphatic rings. The molecule has 1 aromatic carbocycles. The van der Waals surface area contributed by atoms with Crippen molar-refractivity contribution < 1.29 is 4.79 Å². The van der Waals surface area contributed by atoms with Gasteiger partial charge in [0, 0.05) is 12.4 Å². The Labute approximate surface area is 93.7 Å². The lowest BCUT2D eigenvalue weighted by molar-refractivity contribution is -0.116. The second-order valence-electron chi connectivity index (χ2n) is 3.68. The van der Waals surface area contributed by atoms with E-state index in [0.29, 0.717) is 0 Å². The highest BCUT2D eigenvalue weighted by molar-refractivity contribution is 5.82. The molecule has 4 heteroatoms. The van der Waals surface area contributed by atoms with Crippen molar-refractivity contribution in [3.05, 3.63) is 36.4 Å². The summed E-state index contributed by atoms with van der Waals surface area (Å²) in [6.07, 6.45) is 0. The Bertz CT molecular complexity index is 524. The highest BCUT2D eigenvalue weighted by Gasteiger charge is 2.05. The first-order chi connectivity index (χ1) is 7.66. The standard InChI is InChI=1S/C12H13N3O/c1-15(8-11(13)16)12-7-6-9-4-2-3-5-10(9)14-12/h2-7H,8H2,1H3,(H2,13,16). The Kier molecular flexibility index (Phi) is 2.72. The molecule has 0 fully saturated rings. The number of amides is 1. The fourth-order valence-corrected chi connectivity index (χ4v) is 1.58. The van der Waals surface area contributed by atoms with Crippen molar-refractivity contribution in [1.29, 1.82) is 0 Å². The van der Waals surface area contributed by atoms with Crippen LogP contribution in [-0.2, 0) is 4.79 Å². The van der Waals surface area contributed by atoms with E-state index in [1.165, 1.54) is 0 Å². The first kappa shape index (κ1) is 10.4. The maximum absolute atomic E-state index is 10.8. The van der Waals surface area contributed by atoms with Crippen LogP contribution in [0.3, 0.4) is 0 Å². The van der Waals surface area contributed by atoms with Crippen molar-refractivity contribution in [3.63, 3.8) is 0 Å². The van der Waals surface area contributed by atoms with Gasteiger partial charge in [0.05, 0.1) is 12.1 Å².